The SMILES string of the molecule is CC(C)[C@@H](NS(=O)(=O)c1ccc2c(c1)CCCC(=O)N2)C(=O)Nc1cccc2c1CCCC2. The second-order valence-corrected chi connectivity index (χ2v) is 10.9. The van der Waals surface area contributed by atoms with Crippen molar-refractivity contribution in [1.82, 2.24) is 4.72 Å². The summed E-state index contributed by atoms with van der Waals surface area (Å²) in [6, 6.07) is 9.66. The summed E-state index contributed by atoms with van der Waals surface area (Å²) >= 11 is 0. The molecule has 1 aliphatic heterocycles. The number of sulfonamides is 1. The van der Waals surface area contributed by atoms with Gasteiger partial charge in [0.15, 0.2) is 0 Å². The summed E-state index contributed by atoms with van der Waals surface area (Å²) in [6.45, 7) is 3.64. The fraction of sp³-hybridized carbons (Fsp3) is 0.440. The molecule has 2 aromatic rings. The van der Waals surface area contributed by atoms with Crippen LogP contribution in [0.5, 0.6) is 0 Å². The summed E-state index contributed by atoms with van der Waals surface area (Å²) in [5.41, 5.74) is 4.59. The van der Waals surface area contributed by atoms with Crippen molar-refractivity contribution in [3.05, 3.63) is 53.1 Å². The first-order chi connectivity index (χ1) is 15.7. The number of fused-ring (bicyclic) bond motifs is 2. The molecule has 176 valence electrons. The van der Waals surface area contributed by atoms with Crippen LogP contribution in [0.3, 0.4) is 0 Å². The normalized spacial score (nSPS) is 16.9. The number of rotatable bonds is 6. The Kier molecular flexibility index (Phi) is 6.86. The molecule has 2 aromatic carbocycles. The summed E-state index contributed by atoms with van der Waals surface area (Å²) in [6.07, 6.45) is 5.82. The topological polar surface area (TPSA) is 104 Å². The monoisotopic (exact) mass is 469 g/mol. The lowest BCUT2D eigenvalue weighted by Gasteiger charge is -2.24. The van der Waals surface area contributed by atoms with E-state index >= 15 is 0 Å². The zero-order chi connectivity index (χ0) is 23.6. The number of anilines is 2. The molecule has 1 atom stereocenters. The maximum absolute atomic E-state index is 13.2. The second kappa shape index (κ2) is 9.65. The van der Waals surface area contributed by atoms with Gasteiger partial charge in [-0.3, -0.25) is 9.59 Å². The molecule has 0 saturated carbocycles. The predicted molar refractivity (Wildman–Crippen MR) is 129 cm³/mol. The predicted octanol–water partition coefficient (Wildman–Crippen LogP) is 3.78. The minimum absolute atomic E-state index is 0.0675. The van der Waals surface area contributed by atoms with E-state index in [9.17, 15) is 18.0 Å². The molecule has 8 heteroatoms. The average molecular weight is 470 g/mol. The van der Waals surface area contributed by atoms with E-state index < -0.39 is 16.1 Å². The quantitative estimate of drug-likeness (QED) is 0.599. The van der Waals surface area contributed by atoms with Gasteiger partial charge in [0.25, 0.3) is 0 Å². The standard InChI is InChI=1S/C25H31N3O4S/c1-16(2)24(25(30)27-22-11-5-8-17-7-3-4-10-20(17)22)28-33(31,32)19-13-14-21-18(15-19)9-6-12-23(29)26-21/h5,8,11,13-16,24,28H,3-4,6-7,9-10,12H2,1-2H3,(H,26,29)(H,27,30)/t24-/m1/s1. The zero-order valence-corrected chi connectivity index (χ0v) is 19.9. The molecule has 0 fully saturated rings. The molecule has 1 heterocycles. The molecule has 33 heavy (non-hydrogen) atoms. The fourth-order valence-electron chi connectivity index (χ4n) is 4.55. The van der Waals surface area contributed by atoms with Gasteiger partial charge in [-0.05, 0) is 85.4 Å². The Morgan fingerprint density at radius 3 is 2.52 bits per heavy atom. The highest BCUT2D eigenvalue weighted by Gasteiger charge is 2.30. The van der Waals surface area contributed by atoms with E-state index in [0.717, 1.165) is 42.5 Å². The summed E-state index contributed by atoms with van der Waals surface area (Å²) in [5.74, 6) is -0.684. The van der Waals surface area contributed by atoms with Crippen LogP contribution in [0.2, 0.25) is 0 Å². The Labute approximate surface area is 195 Å². The van der Waals surface area contributed by atoms with Crippen molar-refractivity contribution in [1.29, 1.82) is 0 Å². The van der Waals surface area contributed by atoms with Gasteiger partial charge in [-0.15, -0.1) is 0 Å². The van der Waals surface area contributed by atoms with E-state index in [-0.39, 0.29) is 22.6 Å². The molecule has 0 saturated heterocycles. The average Bonchev–Trinajstić information content (AvgIpc) is 2.97. The van der Waals surface area contributed by atoms with Gasteiger partial charge >= 0.3 is 0 Å². The molecule has 0 bridgehead atoms. The highest BCUT2D eigenvalue weighted by Crippen LogP contribution is 2.29. The first kappa shape index (κ1) is 23.4. The Balaban J connectivity index is 1.55. The number of hydrogen-bond donors (Lipinski definition) is 3. The molecule has 1 aliphatic carbocycles. The number of aryl methyl sites for hydroxylation is 2. The Hall–Kier alpha value is -2.71. The molecule has 4 rings (SSSR count). The number of carbonyl (C=O) groups excluding carboxylic acids is 2. The molecular weight excluding hydrogens is 438 g/mol. The van der Waals surface area contributed by atoms with Crippen LogP contribution in [0.1, 0.15) is 56.2 Å². The van der Waals surface area contributed by atoms with Crippen molar-refractivity contribution in [3.63, 3.8) is 0 Å². The van der Waals surface area contributed by atoms with Gasteiger partial charge in [0.1, 0.15) is 6.04 Å². The molecule has 0 unspecified atom stereocenters. The molecule has 2 aliphatic rings. The maximum atomic E-state index is 13.2. The van der Waals surface area contributed by atoms with Gasteiger partial charge in [0, 0.05) is 17.8 Å². The van der Waals surface area contributed by atoms with Crippen LogP contribution in [-0.2, 0) is 38.9 Å². The number of benzene rings is 2. The molecule has 2 amide bonds. The summed E-state index contributed by atoms with van der Waals surface area (Å²) in [4.78, 5) is 25.0. The Morgan fingerprint density at radius 2 is 1.73 bits per heavy atom. The number of nitrogens with one attached hydrogen (secondary N) is 3. The number of carbonyl (C=O) groups is 2. The molecule has 0 radical (unpaired) electrons. The zero-order valence-electron chi connectivity index (χ0n) is 19.1. The Bertz CT molecular complexity index is 1170. The number of amides is 2. The third-order valence-corrected chi connectivity index (χ3v) is 7.83. The van der Waals surface area contributed by atoms with Crippen molar-refractivity contribution < 1.29 is 18.0 Å². The van der Waals surface area contributed by atoms with Gasteiger partial charge in [-0.25, -0.2) is 8.42 Å². The lowest BCUT2D eigenvalue weighted by molar-refractivity contribution is -0.118. The van der Waals surface area contributed by atoms with Crippen molar-refractivity contribution >= 4 is 33.2 Å². The van der Waals surface area contributed by atoms with Crippen LogP contribution < -0.4 is 15.4 Å². The smallest absolute Gasteiger partial charge is 0.242 e. The molecule has 0 spiro atoms. The van der Waals surface area contributed by atoms with Gasteiger partial charge in [-0.1, -0.05) is 26.0 Å². The largest absolute Gasteiger partial charge is 0.326 e. The van der Waals surface area contributed by atoms with E-state index in [2.05, 4.69) is 21.4 Å². The molecule has 0 aromatic heterocycles. The first-order valence-corrected chi connectivity index (χ1v) is 13.1. The van der Waals surface area contributed by atoms with Crippen LogP contribution in [0, 0.1) is 5.92 Å². The van der Waals surface area contributed by atoms with Gasteiger partial charge in [0.2, 0.25) is 21.8 Å². The third kappa shape index (κ3) is 5.28. The second-order valence-electron chi connectivity index (χ2n) is 9.20. The minimum Gasteiger partial charge on any atom is -0.326 e. The minimum atomic E-state index is -3.94. The van der Waals surface area contributed by atoms with Crippen molar-refractivity contribution in [2.45, 2.75) is 69.7 Å². The van der Waals surface area contributed by atoms with E-state index in [4.69, 9.17) is 0 Å². The van der Waals surface area contributed by atoms with Gasteiger partial charge in [0.05, 0.1) is 4.90 Å². The fourth-order valence-corrected chi connectivity index (χ4v) is 5.95. The van der Waals surface area contributed by atoms with E-state index in [0.29, 0.717) is 24.9 Å². The van der Waals surface area contributed by atoms with Crippen LogP contribution in [0.15, 0.2) is 41.3 Å². The maximum Gasteiger partial charge on any atom is 0.242 e. The van der Waals surface area contributed by atoms with Gasteiger partial charge < -0.3 is 10.6 Å². The first-order valence-electron chi connectivity index (χ1n) is 11.6. The highest BCUT2D eigenvalue weighted by molar-refractivity contribution is 7.89. The van der Waals surface area contributed by atoms with Gasteiger partial charge in [-0.2, -0.15) is 4.72 Å². The summed E-state index contributed by atoms with van der Waals surface area (Å²) in [7, 11) is -3.94. The van der Waals surface area contributed by atoms with Crippen molar-refractivity contribution in [2.75, 3.05) is 10.6 Å². The summed E-state index contributed by atoms with van der Waals surface area (Å²) in [5, 5.41) is 5.79. The van der Waals surface area contributed by atoms with Crippen LogP contribution in [-0.4, -0.2) is 26.3 Å². The van der Waals surface area contributed by atoms with E-state index in [1.54, 1.807) is 12.1 Å². The Morgan fingerprint density at radius 1 is 0.970 bits per heavy atom. The third-order valence-electron chi connectivity index (χ3n) is 6.40. The number of hydrogen-bond acceptors (Lipinski definition) is 4. The lowest BCUT2D eigenvalue weighted by atomic mass is 9.90. The molecular formula is C25H31N3O4S. The molecule has 7 nitrogen and oxygen atoms in total. The van der Waals surface area contributed by atoms with Crippen LogP contribution >= 0.6 is 0 Å². The highest BCUT2D eigenvalue weighted by atomic mass is 32.2. The lowest BCUT2D eigenvalue weighted by Crippen LogP contribution is -2.47. The van der Waals surface area contributed by atoms with E-state index in [1.807, 2.05) is 26.0 Å². The summed E-state index contributed by atoms with van der Waals surface area (Å²) < 4.78 is 29.0. The van der Waals surface area contributed by atoms with Crippen LogP contribution in [0.4, 0.5) is 11.4 Å². The molecule has 3 N–H and O–H groups in total. The van der Waals surface area contributed by atoms with Crippen molar-refractivity contribution in [3.8, 4) is 0 Å². The van der Waals surface area contributed by atoms with Crippen molar-refractivity contribution in [2.24, 2.45) is 5.92 Å². The van der Waals surface area contributed by atoms with E-state index in [1.165, 1.54) is 11.6 Å². The van der Waals surface area contributed by atoms with Crippen LogP contribution in [0.25, 0.3) is 0 Å².